The number of nitrogens with one attached hydrogen (secondary N) is 1. The van der Waals surface area contributed by atoms with Gasteiger partial charge in [0.15, 0.2) is 0 Å². The van der Waals surface area contributed by atoms with E-state index in [-0.39, 0.29) is 0 Å². The topological polar surface area (TPSA) is 42.7 Å². The fourth-order valence-corrected chi connectivity index (χ4v) is 1.74. The molecule has 82 valence electrons. The van der Waals surface area contributed by atoms with Gasteiger partial charge < -0.3 is 9.88 Å². The number of rotatable bonds is 4. The molecule has 4 heteroatoms. The lowest BCUT2D eigenvalue weighted by Gasteiger charge is -2.09. The number of aromatic nitrogens is 3. The number of nitrogens with zero attached hydrogens (tertiary/aromatic N) is 3. The first kappa shape index (κ1) is 9.54. The molecule has 0 unspecified atom stereocenters. The van der Waals surface area contributed by atoms with Crippen LogP contribution < -0.4 is 5.32 Å². The minimum Gasteiger partial charge on any atom is -0.310 e. The number of imidazole rings is 1. The molecule has 2 aromatic rings. The number of hydrogen-bond acceptors (Lipinski definition) is 3. The van der Waals surface area contributed by atoms with Crippen molar-refractivity contribution in [3.63, 3.8) is 0 Å². The zero-order valence-electron chi connectivity index (χ0n) is 9.00. The minimum atomic E-state index is 0.726. The molecule has 0 aromatic carbocycles. The Bertz CT molecular complexity index is 460. The van der Waals surface area contributed by atoms with Gasteiger partial charge in [0.2, 0.25) is 0 Å². The maximum atomic E-state index is 4.17. The fraction of sp³-hybridized carbons (Fsp3) is 0.333. The second-order valence-corrected chi connectivity index (χ2v) is 4.13. The molecule has 1 aliphatic carbocycles. The number of pyridine rings is 1. The van der Waals surface area contributed by atoms with Gasteiger partial charge in [0.1, 0.15) is 0 Å². The monoisotopic (exact) mass is 214 g/mol. The molecule has 1 fully saturated rings. The summed E-state index contributed by atoms with van der Waals surface area (Å²) in [6, 6.07) is 2.79. The van der Waals surface area contributed by atoms with E-state index in [0.29, 0.717) is 0 Å². The molecule has 0 radical (unpaired) electrons. The summed E-state index contributed by atoms with van der Waals surface area (Å²) in [7, 11) is 0. The molecule has 0 atom stereocenters. The Hall–Kier alpha value is -1.68. The Kier molecular flexibility index (Phi) is 2.42. The van der Waals surface area contributed by atoms with E-state index < -0.39 is 0 Å². The van der Waals surface area contributed by atoms with Crippen LogP contribution in [0.4, 0.5) is 0 Å². The first-order valence-corrected chi connectivity index (χ1v) is 5.58. The Morgan fingerprint density at radius 2 is 2.25 bits per heavy atom. The van der Waals surface area contributed by atoms with E-state index in [0.717, 1.165) is 18.3 Å². The summed E-state index contributed by atoms with van der Waals surface area (Å²) in [4.78, 5) is 8.23. The predicted molar refractivity (Wildman–Crippen MR) is 61.2 cm³/mol. The summed E-state index contributed by atoms with van der Waals surface area (Å²) in [6.07, 6.45) is 11.9. The molecule has 0 saturated heterocycles. The Labute approximate surface area is 94.4 Å². The molecule has 1 aliphatic rings. The van der Waals surface area contributed by atoms with Crippen LogP contribution in [0.15, 0.2) is 37.2 Å². The molecule has 2 aromatic heterocycles. The SMILES string of the molecule is c1cc(CNC2CC2)c(-n2ccnc2)cn1. The van der Waals surface area contributed by atoms with Crippen LogP contribution in [0, 0.1) is 0 Å². The van der Waals surface area contributed by atoms with Crippen molar-refractivity contribution in [1.82, 2.24) is 19.9 Å². The summed E-state index contributed by atoms with van der Waals surface area (Å²) in [5, 5.41) is 3.51. The predicted octanol–water partition coefficient (Wildman–Crippen LogP) is 1.52. The van der Waals surface area contributed by atoms with E-state index >= 15 is 0 Å². The van der Waals surface area contributed by atoms with Gasteiger partial charge in [0.05, 0.1) is 18.2 Å². The van der Waals surface area contributed by atoms with Crippen molar-refractivity contribution in [2.24, 2.45) is 0 Å². The highest BCUT2D eigenvalue weighted by Gasteiger charge is 2.20. The van der Waals surface area contributed by atoms with Gasteiger partial charge in [0, 0.05) is 31.2 Å². The van der Waals surface area contributed by atoms with Gasteiger partial charge in [-0.3, -0.25) is 4.98 Å². The summed E-state index contributed by atoms with van der Waals surface area (Å²) >= 11 is 0. The molecule has 0 aliphatic heterocycles. The Morgan fingerprint density at radius 3 is 3.00 bits per heavy atom. The van der Waals surface area contributed by atoms with E-state index in [1.54, 1.807) is 12.5 Å². The quantitative estimate of drug-likeness (QED) is 0.839. The fourth-order valence-electron chi connectivity index (χ4n) is 1.74. The molecule has 2 heterocycles. The van der Waals surface area contributed by atoms with Gasteiger partial charge in [-0.1, -0.05) is 0 Å². The second kappa shape index (κ2) is 4.06. The minimum absolute atomic E-state index is 0.726. The molecular weight excluding hydrogens is 200 g/mol. The van der Waals surface area contributed by atoms with Crippen molar-refractivity contribution in [3.8, 4) is 5.69 Å². The third kappa shape index (κ3) is 1.97. The smallest absolute Gasteiger partial charge is 0.0992 e. The zero-order valence-corrected chi connectivity index (χ0v) is 9.00. The van der Waals surface area contributed by atoms with Gasteiger partial charge in [-0.2, -0.15) is 0 Å². The largest absolute Gasteiger partial charge is 0.310 e. The Balaban J connectivity index is 1.85. The van der Waals surface area contributed by atoms with Crippen molar-refractivity contribution < 1.29 is 0 Å². The average molecular weight is 214 g/mol. The van der Waals surface area contributed by atoms with E-state index in [4.69, 9.17) is 0 Å². The maximum absolute atomic E-state index is 4.17. The van der Waals surface area contributed by atoms with E-state index in [2.05, 4.69) is 21.4 Å². The summed E-state index contributed by atoms with van der Waals surface area (Å²) in [5.74, 6) is 0. The van der Waals surface area contributed by atoms with Crippen LogP contribution in [-0.4, -0.2) is 20.6 Å². The third-order valence-corrected chi connectivity index (χ3v) is 2.83. The van der Waals surface area contributed by atoms with E-state index in [1.165, 1.54) is 18.4 Å². The molecule has 16 heavy (non-hydrogen) atoms. The van der Waals surface area contributed by atoms with Gasteiger partial charge in [-0.05, 0) is 24.5 Å². The highest BCUT2D eigenvalue weighted by atomic mass is 15.0. The van der Waals surface area contributed by atoms with Crippen LogP contribution in [0.2, 0.25) is 0 Å². The van der Waals surface area contributed by atoms with Gasteiger partial charge in [-0.15, -0.1) is 0 Å². The maximum Gasteiger partial charge on any atom is 0.0992 e. The van der Waals surface area contributed by atoms with Crippen molar-refractivity contribution in [3.05, 3.63) is 42.7 Å². The first-order chi connectivity index (χ1) is 7.93. The molecule has 4 nitrogen and oxygen atoms in total. The normalized spacial score (nSPS) is 15.2. The van der Waals surface area contributed by atoms with E-state index in [1.807, 2.05) is 23.2 Å². The van der Waals surface area contributed by atoms with Gasteiger partial charge in [0.25, 0.3) is 0 Å². The van der Waals surface area contributed by atoms with Gasteiger partial charge >= 0.3 is 0 Å². The lowest BCUT2D eigenvalue weighted by molar-refractivity contribution is 0.683. The molecule has 1 N–H and O–H groups in total. The lowest BCUT2D eigenvalue weighted by Crippen LogP contribution is -2.16. The third-order valence-electron chi connectivity index (χ3n) is 2.83. The van der Waals surface area contributed by atoms with Gasteiger partial charge in [-0.25, -0.2) is 4.98 Å². The molecular formula is C12H14N4. The molecule has 0 amide bonds. The molecule has 0 spiro atoms. The van der Waals surface area contributed by atoms with Crippen LogP contribution in [0.5, 0.6) is 0 Å². The zero-order chi connectivity index (χ0) is 10.8. The summed E-state index contributed by atoms with van der Waals surface area (Å²) < 4.78 is 2.00. The van der Waals surface area contributed by atoms with Crippen LogP contribution >= 0.6 is 0 Å². The molecule has 3 rings (SSSR count). The second-order valence-electron chi connectivity index (χ2n) is 4.13. The highest BCUT2D eigenvalue weighted by molar-refractivity contribution is 5.38. The lowest BCUT2D eigenvalue weighted by atomic mass is 10.2. The average Bonchev–Trinajstić information content (AvgIpc) is 3.00. The molecule has 0 bridgehead atoms. The van der Waals surface area contributed by atoms with Crippen LogP contribution in [0.3, 0.4) is 0 Å². The molecule has 1 saturated carbocycles. The first-order valence-electron chi connectivity index (χ1n) is 5.58. The van der Waals surface area contributed by atoms with E-state index in [9.17, 15) is 0 Å². The van der Waals surface area contributed by atoms with Crippen molar-refractivity contribution in [2.45, 2.75) is 25.4 Å². The van der Waals surface area contributed by atoms with Crippen molar-refractivity contribution in [2.75, 3.05) is 0 Å². The van der Waals surface area contributed by atoms with Crippen LogP contribution in [0.1, 0.15) is 18.4 Å². The standard InChI is InChI=1S/C12H14N4/c1-2-11(1)15-7-10-3-4-13-8-12(10)16-6-5-14-9-16/h3-6,8-9,11,15H,1-2,7H2. The summed E-state index contributed by atoms with van der Waals surface area (Å²) in [6.45, 7) is 0.903. The number of hydrogen-bond donors (Lipinski definition) is 1. The van der Waals surface area contributed by atoms with Crippen LogP contribution in [0.25, 0.3) is 5.69 Å². The Morgan fingerprint density at radius 1 is 1.31 bits per heavy atom. The van der Waals surface area contributed by atoms with Crippen molar-refractivity contribution in [1.29, 1.82) is 0 Å². The van der Waals surface area contributed by atoms with Crippen molar-refractivity contribution >= 4 is 0 Å². The highest BCUT2D eigenvalue weighted by Crippen LogP contribution is 2.20. The van der Waals surface area contributed by atoms with Crippen LogP contribution in [-0.2, 0) is 6.54 Å². The summed E-state index contributed by atoms with van der Waals surface area (Å²) in [5.41, 5.74) is 2.37.